The first-order valence-electron chi connectivity index (χ1n) is 27.3. The fraction of sp³-hybridized carbons (Fsp3) is 0.776. The zero-order valence-electron chi connectivity index (χ0n) is 42.3. The third-order valence-corrected chi connectivity index (χ3v) is 11.9. The number of esters is 3. The average molecular weight is 895 g/mol. The molecule has 0 aromatic carbocycles. The van der Waals surface area contributed by atoms with Gasteiger partial charge in [-0.05, 0) is 64.2 Å². The third kappa shape index (κ3) is 50.1. The van der Waals surface area contributed by atoms with Gasteiger partial charge < -0.3 is 14.2 Å². The first-order chi connectivity index (χ1) is 31.5. The van der Waals surface area contributed by atoms with E-state index in [2.05, 4.69) is 51.2 Å². The van der Waals surface area contributed by atoms with E-state index >= 15 is 0 Å². The summed E-state index contributed by atoms with van der Waals surface area (Å²) in [4.78, 5) is 38.0. The van der Waals surface area contributed by atoms with Crippen molar-refractivity contribution < 1.29 is 28.6 Å². The van der Waals surface area contributed by atoms with Crippen molar-refractivity contribution in [3.8, 4) is 0 Å². The Balaban J connectivity index is 4.38. The SMILES string of the molecule is CC\C=C/C=C\C=C/C=C\CCCCCC(=O)OCC(COC(=O)CCCCCCCCCCCCCCCCCCCC)OC(=O)CCCCCCCCC/C=C\CCCCCC. The van der Waals surface area contributed by atoms with E-state index in [1.54, 1.807) is 0 Å². The van der Waals surface area contributed by atoms with Crippen LogP contribution in [-0.2, 0) is 28.6 Å². The smallest absolute Gasteiger partial charge is 0.306 e. The minimum absolute atomic E-state index is 0.0864. The van der Waals surface area contributed by atoms with Crippen molar-refractivity contribution in [1.29, 1.82) is 0 Å². The number of hydrogen-bond acceptors (Lipinski definition) is 6. The maximum absolute atomic E-state index is 12.8. The van der Waals surface area contributed by atoms with Crippen molar-refractivity contribution >= 4 is 17.9 Å². The molecule has 0 aliphatic heterocycles. The first kappa shape index (κ1) is 61.1. The van der Waals surface area contributed by atoms with Crippen LogP contribution < -0.4 is 0 Å². The Hall–Kier alpha value is -2.89. The van der Waals surface area contributed by atoms with E-state index in [1.807, 2.05) is 30.4 Å². The number of rotatable bonds is 49. The van der Waals surface area contributed by atoms with Crippen LogP contribution in [0.2, 0.25) is 0 Å². The average Bonchev–Trinajstić information content (AvgIpc) is 3.29. The molecule has 0 aromatic rings. The van der Waals surface area contributed by atoms with Crippen molar-refractivity contribution in [2.75, 3.05) is 13.2 Å². The summed E-state index contributed by atoms with van der Waals surface area (Å²) in [5.41, 5.74) is 0. The molecule has 0 bridgehead atoms. The summed E-state index contributed by atoms with van der Waals surface area (Å²) in [5.74, 6) is -0.922. The van der Waals surface area contributed by atoms with Crippen molar-refractivity contribution in [3.05, 3.63) is 60.8 Å². The van der Waals surface area contributed by atoms with E-state index in [0.717, 1.165) is 70.6 Å². The minimum Gasteiger partial charge on any atom is -0.462 e. The summed E-state index contributed by atoms with van der Waals surface area (Å²) in [6.07, 6.45) is 65.0. The monoisotopic (exact) mass is 895 g/mol. The molecule has 6 nitrogen and oxygen atoms in total. The Morgan fingerprint density at radius 3 is 1.03 bits per heavy atom. The van der Waals surface area contributed by atoms with E-state index in [9.17, 15) is 14.4 Å². The van der Waals surface area contributed by atoms with Gasteiger partial charge in [0.25, 0.3) is 0 Å². The van der Waals surface area contributed by atoms with Crippen LogP contribution in [0.5, 0.6) is 0 Å². The Labute approximate surface area is 396 Å². The molecule has 1 unspecified atom stereocenters. The summed E-state index contributed by atoms with van der Waals surface area (Å²) < 4.78 is 16.8. The highest BCUT2D eigenvalue weighted by Gasteiger charge is 2.19. The van der Waals surface area contributed by atoms with Gasteiger partial charge in [-0.2, -0.15) is 0 Å². The molecule has 0 radical (unpaired) electrons. The summed E-state index contributed by atoms with van der Waals surface area (Å²) in [6.45, 7) is 6.47. The highest BCUT2D eigenvalue weighted by atomic mass is 16.6. The zero-order valence-corrected chi connectivity index (χ0v) is 42.3. The molecular formula is C58H102O6. The molecule has 0 spiro atoms. The molecule has 0 heterocycles. The van der Waals surface area contributed by atoms with E-state index in [1.165, 1.54) is 161 Å². The van der Waals surface area contributed by atoms with Gasteiger partial charge in [-0.25, -0.2) is 0 Å². The molecule has 6 heteroatoms. The van der Waals surface area contributed by atoms with Crippen LogP contribution >= 0.6 is 0 Å². The fourth-order valence-corrected chi connectivity index (χ4v) is 7.74. The first-order valence-corrected chi connectivity index (χ1v) is 27.3. The van der Waals surface area contributed by atoms with E-state index in [0.29, 0.717) is 19.3 Å². The second-order valence-corrected chi connectivity index (χ2v) is 18.2. The lowest BCUT2D eigenvalue weighted by atomic mass is 10.0. The van der Waals surface area contributed by atoms with Gasteiger partial charge in [-0.15, -0.1) is 0 Å². The van der Waals surface area contributed by atoms with Crippen LogP contribution in [0.1, 0.15) is 271 Å². The van der Waals surface area contributed by atoms with Gasteiger partial charge >= 0.3 is 17.9 Å². The van der Waals surface area contributed by atoms with Crippen molar-refractivity contribution in [2.45, 2.75) is 277 Å². The van der Waals surface area contributed by atoms with Crippen molar-refractivity contribution in [2.24, 2.45) is 0 Å². The van der Waals surface area contributed by atoms with Gasteiger partial charge in [0.05, 0.1) is 0 Å². The normalized spacial score (nSPS) is 12.5. The number of ether oxygens (including phenoxy) is 3. The summed E-state index contributed by atoms with van der Waals surface area (Å²) in [6, 6.07) is 0. The molecule has 1 atom stereocenters. The molecular weight excluding hydrogens is 793 g/mol. The number of carbonyl (C=O) groups excluding carboxylic acids is 3. The highest BCUT2D eigenvalue weighted by Crippen LogP contribution is 2.16. The molecule has 0 aliphatic carbocycles. The quantitative estimate of drug-likeness (QED) is 0.0199. The predicted octanol–water partition coefficient (Wildman–Crippen LogP) is 18.0. The van der Waals surface area contributed by atoms with Gasteiger partial charge in [0.1, 0.15) is 13.2 Å². The largest absolute Gasteiger partial charge is 0.462 e. The molecule has 0 aromatic heterocycles. The number of allylic oxidation sites excluding steroid dienone is 10. The number of hydrogen-bond donors (Lipinski definition) is 0. The Morgan fingerprint density at radius 2 is 0.625 bits per heavy atom. The van der Waals surface area contributed by atoms with Crippen LogP contribution in [0, 0.1) is 0 Å². The van der Waals surface area contributed by atoms with Gasteiger partial charge in [0, 0.05) is 19.3 Å². The van der Waals surface area contributed by atoms with E-state index in [4.69, 9.17) is 14.2 Å². The Morgan fingerprint density at radius 1 is 0.328 bits per heavy atom. The third-order valence-electron chi connectivity index (χ3n) is 11.9. The Bertz CT molecular complexity index is 1170. The lowest BCUT2D eigenvalue weighted by Crippen LogP contribution is -2.30. The van der Waals surface area contributed by atoms with Crippen LogP contribution in [0.4, 0.5) is 0 Å². The standard InChI is InChI=1S/C58H102O6/c1-4-7-10-13-16-19-22-25-27-28-29-31-33-36-39-42-45-48-51-57(60)63-54-55(53-62-56(59)50-47-44-41-38-35-32-24-21-18-15-12-9-6-3)64-58(61)52-49-46-43-40-37-34-30-26-23-20-17-14-11-8-5-2/h9,12,15,18,20-21,23-24,32,35,55H,4-8,10-11,13-14,16-17,19,22,25-31,33-34,36-54H2,1-3H3/b12-9-,18-15-,23-20-,24-21-,35-32-. The summed E-state index contributed by atoms with van der Waals surface area (Å²) >= 11 is 0. The van der Waals surface area contributed by atoms with E-state index in [-0.39, 0.29) is 31.1 Å². The summed E-state index contributed by atoms with van der Waals surface area (Å²) in [7, 11) is 0. The molecule has 0 saturated carbocycles. The van der Waals surface area contributed by atoms with Crippen molar-refractivity contribution in [3.63, 3.8) is 0 Å². The molecule has 0 N–H and O–H groups in total. The molecule has 0 aliphatic rings. The number of carbonyl (C=O) groups is 3. The van der Waals surface area contributed by atoms with Crippen LogP contribution in [0.25, 0.3) is 0 Å². The number of unbranched alkanes of at least 4 members (excludes halogenated alkanes) is 31. The van der Waals surface area contributed by atoms with E-state index < -0.39 is 6.10 Å². The minimum atomic E-state index is -0.790. The maximum Gasteiger partial charge on any atom is 0.306 e. The topological polar surface area (TPSA) is 78.9 Å². The Kier molecular flexibility index (Phi) is 50.4. The lowest BCUT2D eigenvalue weighted by Gasteiger charge is -2.18. The fourth-order valence-electron chi connectivity index (χ4n) is 7.74. The van der Waals surface area contributed by atoms with Crippen LogP contribution in [0.15, 0.2) is 60.8 Å². The van der Waals surface area contributed by atoms with Gasteiger partial charge in [-0.1, -0.05) is 248 Å². The molecule has 370 valence electrons. The van der Waals surface area contributed by atoms with Crippen molar-refractivity contribution in [1.82, 2.24) is 0 Å². The highest BCUT2D eigenvalue weighted by molar-refractivity contribution is 5.71. The second-order valence-electron chi connectivity index (χ2n) is 18.2. The molecule has 0 fully saturated rings. The predicted molar refractivity (Wildman–Crippen MR) is 275 cm³/mol. The van der Waals surface area contributed by atoms with Gasteiger partial charge in [-0.3, -0.25) is 14.4 Å². The summed E-state index contributed by atoms with van der Waals surface area (Å²) in [5, 5.41) is 0. The molecule has 0 rings (SSSR count). The molecule has 0 saturated heterocycles. The lowest BCUT2D eigenvalue weighted by molar-refractivity contribution is -0.167. The maximum atomic E-state index is 12.8. The van der Waals surface area contributed by atoms with Gasteiger partial charge in [0.2, 0.25) is 0 Å². The second kappa shape index (κ2) is 52.7. The van der Waals surface area contributed by atoms with Crippen LogP contribution in [-0.4, -0.2) is 37.2 Å². The zero-order chi connectivity index (χ0) is 46.5. The van der Waals surface area contributed by atoms with Gasteiger partial charge in [0.15, 0.2) is 6.10 Å². The van der Waals surface area contributed by atoms with Crippen LogP contribution in [0.3, 0.4) is 0 Å². The molecule has 0 amide bonds. The molecule has 64 heavy (non-hydrogen) atoms.